The number of nitrogens with two attached hydrogens (primary N) is 1. The van der Waals surface area contributed by atoms with E-state index >= 15 is 0 Å². The van der Waals surface area contributed by atoms with Crippen LogP contribution in [0.1, 0.15) is 5.56 Å². The molecule has 0 radical (unpaired) electrons. The number of carboxylic acid groups (broad SMARTS) is 1. The number of hydrogen-bond donors (Lipinski definition) is 2. The van der Waals surface area contributed by atoms with Crippen molar-refractivity contribution in [3.8, 4) is 0 Å². The number of hydrogen-bond acceptors (Lipinski definition) is 6. The lowest BCUT2D eigenvalue weighted by Gasteiger charge is -2.08. The van der Waals surface area contributed by atoms with E-state index in [1.54, 1.807) is 0 Å². The topological polar surface area (TPSA) is 100 Å². The second kappa shape index (κ2) is 17.7. The molecule has 0 amide bonds. The average Bonchev–Trinajstić information content (AvgIpc) is 2.61. The fourth-order valence-electron chi connectivity index (χ4n) is 1.83. The van der Waals surface area contributed by atoms with Gasteiger partial charge in [-0.3, -0.25) is 4.79 Å². The lowest BCUT2D eigenvalue weighted by atomic mass is 10.1. The lowest BCUT2D eigenvalue weighted by molar-refractivity contribution is -0.122. The van der Waals surface area contributed by atoms with Crippen molar-refractivity contribution in [2.75, 3.05) is 59.4 Å². The van der Waals surface area contributed by atoms with E-state index in [-0.39, 0.29) is 25.1 Å². The first-order chi connectivity index (χ1) is 13.1. The van der Waals surface area contributed by atoms with Gasteiger partial charge in [-0.25, -0.2) is 13.2 Å². The normalized spacial score (nSPS) is 10.4. The van der Waals surface area contributed by atoms with Gasteiger partial charge in [-0.2, -0.15) is 0 Å². The molecule has 27 heavy (non-hydrogen) atoms. The van der Waals surface area contributed by atoms with Crippen molar-refractivity contribution in [1.29, 1.82) is 0 Å². The lowest BCUT2D eigenvalue weighted by Crippen LogP contribution is -2.14. The highest BCUT2D eigenvalue weighted by molar-refractivity contribution is 5.32. The van der Waals surface area contributed by atoms with Crippen LogP contribution in [0.2, 0.25) is 0 Å². The molecular weight excluding hydrogens is 371 g/mol. The molecule has 0 aliphatic rings. The van der Waals surface area contributed by atoms with E-state index in [9.17, 15) is 13.2 Å². The fourth-order valence-corrected chi connectivity index (χ4v) is 1.83. The quantitative estimate of drug-likeness (QED) is 0.361. The first-order valence-corrected chi connectivity index (χ1v) is 8.29. The van der Waals surface area contributed by atoms with E-state index in [0.29, 0.717) is 64.9 Å². The maximum absolute atomic E-state index is 13.4. The summed E-state index contributed by atoms with van der Waals surface area (Å²) in [7, 11) is 0. The molecule has 0 aliphatic heterocycles. The molecule has 0 saturated heterocycles. The standard InChI is InChI=1S/C16H24F3NO4.CH2O2/c17-13-11-15(18)14(16(19)12-13)1-3-21-5-7-23-9-10-24-8-6-22-4-2-20;2-1-3/h11-12H,1-10,20H2;1H,(H,2,3). The molecule has 0 saturated carbocycles. The maximum Gasteiger partial charge on any atom is 0.290 e. The van der Waals surface area contributed by atoms with Gasteiger partial charge in [0.05, 0.1) is 52.9 Å². The van der Waals surface area contributed by atoms with Gasteiger partial charge < -0.3 is 29.8 Å². The van der Waals surface area contributed by atoms with Crippen molar-refractivity contribution in [3.05, 3.63) is 35.1 Å². The highest BCUT2D eigenvalue weighted by Crippen LogP contribution is 2.15. The van der Waals surface area contributed by atoms with Gasteiger partial charge in [-0.05, 0) is 0 Å². The van der Waals surface area contributed by atoms with Crippen LogP contribution in [0, 0.1) is 17.5 Å². The van der Waals surface area contributed by atoms with Crippen LogP contribution in [0.4, 0.5) is 13.2 Å². The Morgan fingerprint density at radius 2 is 1.19 bits per heavy atom. The average molecular weight is 397 g/mol. The minimum Gasteiger partial charge on any atom is -0.483 e. The third-order valence-corrected chi connectivity index (χ3v) is 2.98. The predicted octanol–water partition coefficient (Wildman–Crippen LogP) is 1.37. The number of rotatable bonds is 14. The van der Waals surface area contributed by atoms with Crippen LogP contribution in [0.25, 0.3) is 0 Å². The van der Waals surface area contributed by atoms with E-state index in [4.69, 9.17) is 34.6 Å². The summed E-state index contributed by atoms with van der Waals surface area (Å²) in [5.74, 6) is -2.74. The molecule has 0 unspecified atom stereocenters. The van der Waals surface area contributed by atoms with Crippen LogP contribution in [-0.2, 0) is 30.2 Å². The smallest absolute Gasteiger partial charge is 0.290 e. The molecule has 0 atom stereocenters. The Kier molecular flexibility index (Phi) is 16.6. The first-order valence-electron chi connectivity index (χ1n) is 8.29. The zero-order valence-electron chi connectivity index (χ0n) is 15.0. The Balaban J connectivity index is 0.00000210. The summed E-state index contributed by atoms with van der Waals surface area (Å²) in [6.45, 7) is 3.36. The second-order valence-corrected chi connectivity index (χ2v) is 4.94. The van der Waals surface area contributed by atoms with Crippen LogP contribution in [0.5, 0.6) is 0 Å². The number of carbonyl (C=O) groups is 1. The first kappa shape index (κ1) is 25.3. The van der Waals surface area contributed by atoms with Gasteiger partial charge in [0.1, 0.15) is 17.5 Å². The maximum atomic E-state index is 13.4. The molecule has 10 heteroatoms. The van der Waals surface area contributed by atoms with Crippen LogP contribution in [-0.4, -0.2) is 71.0 Å². The summed E-state index contributed by atoms with van der Waals surface area (Å²) in [6, 6.07) is 1.31. The molecule has 0 aliphatic carbocycles. The molecule has 1 aromatic rings. The number of benzene rings is 1. The van der Waals surface area contributed by atoms with Crippen LogP contribution >= 0.6 is 0 Å². The molecular formula is C17H26F3NO6. The summed E-state index contributed by atoms with van der Waals surface area (Å²) >= 11 is 0. The Bertz CT molecular complexity index is 485. The van der Waals surface area contributed by atoms with Crippen LogP contribution < -0.4 is 5.73 Å². The van der Waals surface area contributed by atoms with Crippen molar-refractivity contribution in [1.82, 2.24) is 0 Å². The van der Waals surface area contributed by atoms with Gasteiger partial charge >= 0.3 is 0 Å². The van der Waals surface area contributed by atoms with E-state index in [1.165, 1.54) is 0 Å². The predicted molar refractivity (Wildman–Crippen MR) is 91.0 cm³/mol. The monoisotopic (exact) mass is 397 g/mol. The van der Waals surface area contributed by atoms with E-state index in [2.05, 4.69) is 0 Å². The summed E-state index contributed by atoms with van der Waals surface area (Å²) in [5, 5.41) is 6.89. The molecule has 7 nitrogen and oxygen atoms in total. The minimum absolute atomic E-state index is 0.0316. The highest BCUT2D eigenvalue weighted by atomic mass is 19.1. The number of halogens is 3. The van der Waals surface area contributed by atoms with E-state index in [0.717, 1.165) is 0 Å². The Hall–Kier alpha value is -1.72. The molecule has 1 aromatic carbocycles. The molecule has 0 fully saturated rings. The molecule has 156 valence electrons. The van der Waals surface area contributed by atoms with Crippen molar-refractivity contribution in [2.24, 2.45) is 5.73 Å². The van der Waals surface area contributed by atoms with Crippen molar-refractivity contribution < 1.29 is 42.0 Å². The van der Waals surface area contributed by atoms with Gasteiger partial charge in [-0.15, -0.1) is 0 Å². The van der Waals surface area contributed by atoms with Gasteiger partial charge in [-0.1, -0.05) is 0 Å². The van der Waals surface area contributed by atoms with Crippen molar-refractivity contribution in [2.45, 2.75) is 6.42 Å². The summed E-state index contributed by atoms with van der Waals surface area (Å²) < 4.78 is 60.4. The largest absolute Gasteiger partial charge is 0.483 e. The third kappa shape index (κ3) is 14.1. The zero-order valence-corrected chi connectivity index (χ0v) is 15.0. The molecule has 0 spiro atoms. The molecule has 0 heterocycles. The Morgan fingerprint density at radius 1 is 0.815 bits per heavy atom. The summed E-state index contributed by atoms with van der Waals surface area (Å²) in [6.07, 6.45) is 0.0316. The summed E-state index contributed by atoms with van der Waals surface area (Å²) in [4.78, 5) is 8.36. The van der Waals surface area contributed by atoms with Crippen molar-refractivity contribution >= 4 is 6.47 Å². The third-order valence-electron chi connectivity index (χ3n) is 2.98. The van der Waals surface area contributed by atoms with Gasteiger partial charge in [0.2, 0.25) is 0 Å². The zero-order chi connectivity index (χ0) is 20.3. The van der Waals surface area contributed by atoms with Gasteiger partial charge in [0, 0.05) is 30.7 Å². The Morgan fingerprint density at radius 3 is 1.59 bits per heavy atom. The van der Waals surface area contributed by atoms with Gasteiger partial charge in [0.15, 0.2) is 0 Å². The Labute approximate surface area is 156 Å². The number of ether oxygens (including phenoxy) is 4. The molecule has 1 rings (SSSR count). The van der Waals surface area contributed by atoms with E-state index < -0.39 is 17.5 Å². The van der Waals surface area contributed by atoms with Crippen molar-refractivity contribution in [3.63, 3.8) is 0 Å². The molecule has 0 bridgehead atoms. The fraction of sp³-hybridized carbons (Fsp3) is 0.588. The van der Waals surface area contributed by atoms with Crippen LogP contribution in [0.15, 0.2) is 12.1 Å². The molecule has 0 aromatic heterocycles. The highest BCUT2D eigenvalue weighted by Gasteiger charge is 2.10. The van der Waals surface area contributed by atoms with E-state index in [1.807, 2.05) is 0 Å². The second-order valence-electron chi connectivity index (χ2n) is 4.94. The minimum atomic E-state index is -0.934. The SMILES string of the molecule is NCCOCCOCCOCCOCCc1c(F)cc(F)cc1F.O=CO. The van der Waals surface area contributed by atoms with Gasteiger partial charge in [0.25, 0.3) is 6.47 Å². The molecule has 3 N–H and O–H groups in total. The van der Waals surface area contributed by atoms with Crippen LogP contribution in [0.3, 0.4) is 0 Å². The summed E-state index contributed by atoms with van der Waals surface area (Å²) in [5.41, 5.74) is 5.08.